The third kappa shape index (κ3) is 5.46. The highest BCUT2D eigenvalue weighted by atomic mass is 19.4. The lowest BCUT2D eigenvalue weighted by atomic mass is 9.95. The quantitative estimate of drug-likeness (QED) is 0.385. The van der Waals surface area contributed by atoms with Crippen LogP contribution in [-0.4, -0.2) is 18.1 Å². The van der Waals surface area contributed by atoms with E-state index in [2.05, 4.69) is 20.6 Å². The normalized spacial score (nSPS) is 16.4. The SMILES string of the molecule is O=C(NN=C1c2ccc(F)cc2CC1c1ccc(F)cc1)Nc1ccc(OC(F)(F)F)cc1. The number of hydrazone groups is 1. The van der Waals surface area contributed by atoms with E-state index in [-0.39, 0.29) is 11.6 Å². The molecule has 0 saturated heterocycles. The van der Waals surface area contributed by atoms with Gasteiger partial charge in [0.25, 0.3) is 0 Å². The molecular formula is C23H16F5N3O2. The first-order valence-corrected chi connectivity index (χ1v) is 9.72. The summed E-state index contributed by atoms with van der Waals surface area (Å²) >= 11 is 0. The predicted octanol–water partition coefficient (Wildman–Crippen LogP) is 5.73. The summed E-state index contributed by atoms with van der Waals surface area (Å²) in [7, 11) is 0. The molecular weight excluding hydrogens is 445 g/mol. The number of anilines is 1. The van der Waals surface area contributed by atoms with Crippen LogP contribution < -0.4 is 15.5 Å². The standard InChI is InChI=1S/C23H16F5N3O2/c24-15-3-1-13(2-4-15)20-12-14-11-16(25)5-10-19(14)21(20)30-31-22(32)29-17-6-8-18(9-7-17)33-23(26,27)28/h1-11,20H,12H2,(H2,29,31,32). The van der Waals surface area contributed by atoms with Crippen LogP contribution in [0.25, 0.3) is 0 Å². The fourth-order valence-corrected chi connectivity index (χ4v) is 3.60. The second-order valence-electron chi connectivity index (χ2n) is 7.24. The molecule has 2 N–H and O–H groups in total. The number of amides is 2. The first-order valence-electron chi connectivity index (χ1n) is 9.72. The summed E-state index contributed by atoms with van der Waals surface area (Å²) in [5.41, 5.74) is 5.14. The van der Waals surface area contributed by atoms with Crippen molar-refractivity contribution in [2.24, 2.45) is 5.10 Å². The average molecular weight is 461 g/mol. The van der Waals surface area contributed by atoms with Crippen molar-refractivity contribution >= 4 is 17.4 Å². The van der Waals surface area contributed by atoms with Crippen LogP contribution >= 0.6 is 0 Å². The molecule has 2 amide bonds. The lowest BCUT2D eigenvalue weighted by Crippen LogP contribution is -2.26. The van der Waals surface area contributed by atoms with Crippen molar-refractivity contribution in [3.63, 3.8) is 0 Å². The summed E-state index contributed by atoms with van der Waals surface area (Å²) in [4.78, 5) is 12.3. The molecule has 3 aromatic rings. The largest absolute Gasteiger partial charge is 0.573 e. The van der Waals surface area contributed by atoms with E-state index in [9.17, 15) is 26.7 Å². The molecule has 5 nitrogen and oxygen atoms in total. The van der Waals surface area contributed by atoms with E-state index in [1.165, 1.54) is 36.4 Å². The highest BCUT2D eigenvalue weighted by molar-refractivity contribution is 6.09. The minimum atomic E-state index is -4.82. The molecule has 0 saturated carbocycles. The zero-order valence-corrected chi connectivity index (χ0v) is 16.8. The van der Waals surface area contributed by atoms with Gasteiger partial charge in [-0.05, 0) is 72.1 Å². The first-order chi connectivity index (χ1) is 15.7. The number of urea groups is 1. The fraction of sp³-hybridized carbons (Fsp3) is 0.130. The van der Waals surface area contributed by atoms with Crippen molar-refractivity contribution in [2.75, 3.05) is 5.32 Å². The molecule has 0 fully saturated rings. The zero-order valence-electron chi connectivity index (χ0n) is 16.8. The molecule has 1 aliphatic carbocycles. The topological polar surface area (TPSA) is 62.7 Å². The molecule has 0 aromatic heterocycles. The van der Waals surface area contributed by atoms with Gasteiger partial charge >= 0.3 is 12.4 Å². The number of alkyl halides is 3. The van der Waals surface area contributed by atoms with Gasteiger partial charge in [0.1, 0.15) is 17.4 Å². The van der Waals surface area contributed by atoms with E-state index in [0.29, 0.717) is 23.3 Å². The van der Waals surface area contributed by atoms with Crippen LogP contribution in [0.15, 0.2) is 71.8 Å². The number of nitrogens with zero attached hydrogens (tertiary/aromatic N) is 1. The molecule has 4 rings (SSSR count). The van der Waals surface area contributed by atoms with Crippen molar-refractivity contribution in [2.45, 2.75) is 18.7 Å². The molecule has 3 aromatic carbocycles. The third-order valence-corrected chi connectivity index (χ3v) is 4.99. The van der Waals surface area contributed by atoms with Crippen LogP contribution in [0, 0.1) is 11.6 Å². The third-order valence-electron chi connectivity index (χ3n) is 4.99. The van der Waals surface area contributed by atoms with Crippen LogP contribution in [-0.2, 0) is 6.42 Å². The van der Waals surface area contributed by atoms with E-state index in [1.54, 1.807) is 18.2 Å². The number of halogens is 5. The molecule has 1 unspecified atom stereocenters. The van der Waals surface area contributed by atoms with Crippen molar-refractivity contribution in [1.29, 1.82) is 0 Å². The van der Waals surface area contributed by atoms with Crippen molar-refractivity contribution in [3.8, 4) is 5.75 Å². The Labute approximate surface area is 184 Å². The van der Waals surface area contributed by atoms with E-state index in [1.807, 2.05) is 0 Å². The Morgan fingerprint density at radius 3 is 2.27 bits per heavy atom. The molecule has 0 heterocycles. The Morgan fingerprint density at radius 2 is 1.61 bits per heavy atom. The summed E-state index contributed by atoms with van der Waals surface area (Å²) < 4.78 is 67.6. The number of nitrogens with one attached hydrogen (secondary N) is 2. The number of fused-ring (bicyclic) bond motifs is 1. The van der Waals surface area contributed by atoms with E-state index >= 15 is 0 Å². The van der Waals surface area contributed by atoms with Crippen molar-refractivity contribution < 1.29 is 31.5 Å². The van der Waals surface area contributed by atoms with Gasteiger partial charge in [-0.2, -0.15) is 5.10 Å². The number of carbonyl (C=O) groups is 1. The van der Waals surface area contributed by atoms with Gasteiger partial charge in [0, 0.05) is 17.2 Å². The van der Waals surface area contributed by atoms with E-state index < -0.39 is 29.8 Å². The monoisotopic (exact) mass is 461 g/mol. The number of rotatable bonds is 4. The second kappa shape index (κ2) is 8.89. The maximum Gasteiger partial charge on any atom is 0.573 e. The predicted molar refractivity (Wildman–Crippen MR) is 111 cm³/mol. The number of benzene rings is 3. The van der Waals surface area contributed by atoms with Gasteiger partial charge in [-0.15, -0.1) is 13.2 Å². The number of hydrogen-bond acceptors (Lipinski definition) is 3. The first kappa shape index (κ1) is 22.3. The van der Waals surface area contributed by atoms with Gasteiger partial charge < -0.3 is 10.1 Å². The summed E-state index contributed by atoms with van der Waals surface area (Å²) in [6, 6.07) is 13.9. The van der Waals surface area contributed by atoms with Gasteiger partial charge in [-0.1, -0.05) is 12.1 Å². The van der Waals surface area contributed by atoms with Gasteiger partial charge in [0.05, 0.1) is 5.71 Å². The lowest BCUT2D eigenvalue weighted by molar-refractivity contribution is -0.274. The molecule has 1 aliphatic rings. The van der Waals surface area contributed by atoms with Gasteiger partial charge in [-0.3, -0.25) is 0 Å². The molecule has 0 bridgehead atoms. The van der Waals surface area contributed by atoms with Gasteiger partial charge in [-0.25, -0.2) is 19.0 Å². The summed E-state index contributed by atoms with van der Waals surface area (Å²) in [6.07, 6.45) is -4.40. The molecule has 170 valence electrons. The summed E-state index contributed by atoms with van der Waals surface area (Å²) in [5.74, 6) is -1.56. The van der Waals surface area contributed by atoms with Crippen LogP contribution in [0.1, 0.15) is 22.6 Å². The molecule has 0 aliphatic heterocycles. The summed E-state index contributed by atoms with van der Waals surface area (Å²) in [5, 5.41) is 6.65. The Hall–Kier alpha value is -3.95. The molecule has 0 radical (unpaired) electrons. The second-order valence-corrected chi connectivity index (χ2v) is 7.24. The number of carbonyl (C=O) groups excluding carboxylic acids is 1. The van der Waals surface area contributed by atoms with E-state index in [4.69, 9.17) is 0 Å². The van der Waals surface area contributed by atoms with Crippen LogP contribution in [0.2, 0.25) is 0 Å². The van der Waals surface area contributed by atoms with Crippen LogP contribution in [0.4, 0.5) is 32.4 Å². The van der Waals surface area contributed by atoms with Crippen LogP contribution in [0.3, 0.4) is 0 Å². The fourth-order valence-electron chi connectivity index (χ4n) is 3.60. The Balaban J connectivity index is 1.51. The van der Waals surface area contributed by atoms with Gasteiger partial charge in [0.15, 0.2) is 0 Å². The maximum absolute atomic E-state index is 13.7. The summed E-state index contributed by atoms with van der Waals surface area (Å²) in [6.45, 7) is 0. The molecule has 1 atom stereocenters. The van der Waals surface area contributed by atoms with Crippen LogP contribution in [0.5, 0.6) is 5.75 Å². The minimum Gasteiger partial charge on any atom is -0.406 e. The Kier molecular flexibility index (Phi) is 5.99. The van der Waals surface area contributed by atoms with Crippen molar-refractivity contribution in [3.05, 3.63) is 95.1 Å². The number of ether oxygens (including phenoxy) is 1. The van der Waals surface area contributed by atoms with Gasteiger partial charge in [0.2, 0.25) is 0 Å². The number of hydrogen-bond donors (Lipinski definition) is 2. The zero-order chi connectivity index (χ0) is 23.6. The highest BCUT2D eigenvalue weighted by Crippen LogP contribution is 2.35. The molecule has 33 heavy (non-hydrogen) atoms. The van der Waals surface area contributed by atoms with E-state index in [0.717, 1.165) is 17.7 Å². The highest BCUT2D eigenvalue weighted by Gasteiger charge is 2.31. The minimum absolute atomic E-state index is 0.214. The maximum atomic E-state index is 13.7. The Bertz CT molecular complexity index is 1190. The smallest absolute Gasteiger partial charge is 0.406 e. The Morgan fingerprint density at radius 1 is 0.939 bits per heavy atom. The molecule has 0 spiro atoms. The average Bonchev–Trinajstić information content (AvgIpc) is 3.10. The molecule has 10 heteroatoms. The lowest BCUT2D eigenvalue weighted by Gasteiger charge is -2.13. The van der Waals surface area contributed by atoms with Crippen molar-refractivity contribution in [1.82, 2.24) is 5.43 Å².